The second-order valence-electron chi connectivity index (χ2n) is 7.47. The number of nitrogens with one attached hydrogen (secondary N) is 3. The summed E-state index contributed by atoms with van der Waals surface area (Å²) < 4.78 is 39.3. The first-order valence-electron chi connectivity index (χ1n) is 9.90. The highest BCUT2D eigenvalue weighted by Crippen LogP contribution is 2.34. The van der Waals surface area contributed by atoms with Gasteiger partial charge in [-0.1, -0.05) is 36.4 Å². The number of H-pyrrole nitrogens is 1. The lowest BCUT2D eigenvalue weighted by molar-refractivity contribution is -0.138. The van der Waals surface area contributed by atoms with Gasteiger partial charge in [-0.3, -0.25) is 4.79 Å². The van der Waals surface area contributed by atoms with E-state index < -0.39 is 23.7 Å². The average Bonchev–Trinajstić information content (AvgIpc) is 3.15. The van der Waals surface area contributed by atoms with Gasteiger partial charge in [-0.2, -0.15) is 13.2 Å². The van der Waals surface area contributed by atoms with Crippen LogP contribution in [-0.4, -0.2) is 16.9 Å². The topological polar surface area (TPSA) is 100 Å². The van der Waals surface area contributed by atoms with E-state index >= 15 is 0 Å². The number of para-hydroxylation sites is 1. The van der Waals surface area contributed by atoms with Crippen LogP contribution in [0.5, 0.6) is 0 Å². The molecular formula is C24H19F3N4O2. The third-order valence-electron chi connectivity index (χ3n) is 5.18. The second-order valence-corrected chi connectivity index (χ2v) is 7.47. The van der Waals surface area contributed by atoms with Crippen LogP contribution in [0, 0.1) is 6.92 Å². The molecule has 4 aromatic rings. The van der Waals surface area contributed by atoms with E-state index in [2.05, 4.69) is 15.6 Å². The first-order valence-corrected chi connectivity index (χ1v) is 9.90. The largest absolute Gasteiger partial charge is 0.416 e. The first kappa shape index (κ1) is 21.9. The Kier molecular flexibility index (Phi) is 5.55. The molecule has 168 valence electrons. The number of benzene rings is 3. The smallest absolute Gasteiger partial charge is 0.364 e. The van der Waals surface area contributed by atoms with Gasteiger partial charge in [0.1, 0.15) is 5.69 Å². The monoisotopic (exact) mass is 452 g/mol. The molecule has 0 atom stereocenters. The van der Waals surface area contributed by atoms with Crippen molar-refractivity contribution in [1.82, 2.24) is 4.98 Å². The van der Waals surface area contributed by atoms with Crippen molar-refractivity contribution in [3.63, 3.8) is 0 Å². The van der Waals surface area contributed by atoms with Crippen molar-refractivity contribution in [3.05, 3.63) is 83.6 Å². The molecule has 3 aromatic carbocycles. The molecule has 0 unspecified atom stereocenters. The fourth-order valence-electron chi connectivity index (χ4n) is 3.65. The Morgan fingerprint density at radius 3 is 2.21 bits per heavy atom. The number of amides is 3. The number of alkyl halides is 3. The molecule has 4 rings (SSSR count). The number of aromatic amines is 1. The molecule has 0 aliphatic heterocycles. The highest BCUT2D eigenvalue weighted by atomic mass is 19.4. The Labute approximate surface area is 186 Å². The number of primary amides is 1. The fourth-order valence-corrected chi connectivity index (χ4v) is 3.65. The third-order valence-corrected chi connectivity index (χ3v) is 5.18. The van der Waals surface area contributed by atoms with Crippen LogP contribution in [0.2, 0.25) is 0 Å². The Hall–Kier alpha value is -4.27. The average molecular weight is 452 g/mol. The zero-order valence-electron chi connectivity index (χ0n) is 17.4. The van der Waals surface area contributed by atoms with Crippen molar-refractivity contribution < 1.29 is 22.8 Å². The van der Waals surface area contributed by atoms with Crippen molar-refractivity contribution in [2.24, 2.45) is 5.73 Å². The number of rotatable bonds is 4. The number of carbonyl (C=O) groups is 2. The SMILES string of the molecule is Cc1ccc(NC(=O)Nc2ccc(-c3c(C(N)=O)[nH]c4ccccc34)cc2)cc1C(F)(F)F. The van der Waals surface area contributed by atoms with E-state index in [9.17, 15) is 22.8 Å². The Balaban J connectivity index is 1.54. The van der Waals surface area contributed by atoms with Gasteiger partial charge in [0.15, 0.2) is 0 Å². The van der Waals surface area contributed by atoms with Gasteiger partial charge >= 0.3 is 12.2 Å². The van der Waals surface area contributed by atoms with E-state index in [0.29, 0.717) is 16.8 Å². The van der Waals surface area contributed by atoms with Crippen LogP contribution in [0.4, 0.5) is 29.3 Å². The van der Waals surface area contributed by atoms with Crippen LogP contribution in [0.25, 0.3) is 22.0 Å². The van der Waals surface area contributed by atoms with Gasteiger partial charge in [-0.05, 0) is 48.4 Å². The first-order chi connectivity index (χ1) is 15.6. The summed E-state index contributed by atoms with van der Waals surface area (Å²) in [4.78, 5) is 27.2. The van der Waals surface area contributed by atoms with E-state index in [1.165, 1.54) is 19.1 Å². The number of hydrogen-bond donors (Lipinski definition) is 4. The maximum atomic E-state index is 13.1. The molecular weight excluding hydrogens is 433 g/mol. The summed E-state index contributed by atoms with van der Waals surface area (Å²) in [6.07, 6.45) is -4.51. The Bertz CT molecular complexity index is 1360. The van der Waals surface area contributed by atoms with Crippen molar-refractivity contribution >= 4 is 34.2 Å². The van der Waals surface area contributed by atoms with E-state index in [4.69, 9.17) is 5.73 Å². The number of aromatic nitrogens is 1. The summed E-state index contributed by atoms with van der Waals surface area (Å²) in [7, 11) is 0. The molecule has 3 amide bonds. The normalized spacial score (nSPS) is 11.4. The number of halogens is 3. The quantitative estimate of drug-likeness (QED) is 0.310. The maximum absolute atomic E-state index is 13.1. The van der Waals surface area contributed by atoms with Gasteiger partial charge in [-0.15, -0.1) is 0 Å². The zero-order chi connectivity index (χ0) is 23.8. The molecule has 5 N–H and O–H groups in total. The number of urea groups is 1. The summed E-state index contributed by atoms with van der Waals surface area (Å²) in [5.41, 5.74) is 7.61. The van der Waals surface area contributed by atoms with E-state index in [1.807, 2.05) is 24.3 Å². The van der Waals surface area contributed by atoms with Crippen LogP contribution in [0.15, 0.2) is 66.7 Å². The summed E-state index contributed by atoms with van der Waals surface area (Å²) in [6, 6.07) is 17.0. The van der Waals surface area contributed by atoms with Gasteiger partial charge in [0.05, 0.1) is 5.56 Å². The number of carbonyl (C=O) groups excluding carboxylic acids is 2. The van der Waals surface area contributed by atoms with Crippen LogP contribution in [-0.2, 0) is 6.18 Å². The van der Waals surface area contributed by atoms with E-state index in [1.54, 1.807) is 24.3 Å². The number of aryl methyl sites for hydroxylation is 1. The predicted octanol–water partition coefficient (Wildman–Crippen LogP) is 5.91. The van der Waals surface area contributed by atoms with E-state index in [-0.39, 0.29) is 16.9 Å². The lowest BCUT2D eigenvalue weighted by Crippen LogP contribution is -2.20. The van der Waals surface area contributed by atoms with Crippen LogP contribution >= 0.6 is 0 Å². The van der Waals surface area contributed by atoms with Gasteiger partial charge in [-0.25, -0.2) is 4.79 Å². The minimum atomic E-state index is -4.51. The Morgan fingerprint density at radius 2 is 1.55 bits per heavy atom. The summed E-state index contributed by atoms with van der Waals surface area (Å²) in [5.74, 6) is -0.598. The van der Waals surface area contributed by atoms with Crippen molar-refractivity contribution in [2.75, 3.05) is 10.6 Å². The van der Waals surface area contributed by atoms with Crippen molar-refractivity contribution in [3.8, 4) is 11.1 Å². The standard InChI is InChI=1S/C24H19F3N4O2/c1-13-6-9-16(12-18(13)24(25,26)27)30-23(33)29-15-10-7-14(8-11-15)20-17-4-2-3-5-19(17)31-21(20)22(28)32/h2-12,31H,1H3,(H2,28,32)(H2,29,30,33). The van der Waals surface area contributed by atoms with Crippen LogP contribution < -0.4 is 16.4 Å². The summed E-state index contributed by atoms with van der Waals surface area (Å²) >= 11 is 0. The van der Waals surface area contributed by atoms with Gasteiger partial charge in [0, 0.05) is 27.8 Å². The lowest BCUT2D eigenvalue weighted by Gasteiger charge is -2.13. The fraction of sp³-hybridized carbons (Fsp3) is 0.0833. The molecule has 1 aromatic heterocycles. The number of fused-ring (bicyclic) bond motifs is 1. The molecule has 0 spiro atoms. The molecule has 0 saturated heterocycles. The maximum Gasteiger partial charge on any atom is 0.416 e. The van der Waals surface area contributed by atoms with Crippen LogP contribution in [0.3, 0.4) is 0 Å². The predicted molar refractivity (Wildman–Crippen MR) is 121 cm³/mol. The molecule has 0 aliphatic carbocycles. The van der Waals surface area contributed by atoms with Gasteiger partial charge in [0.2, 0.25) is 0 Å². The highest BCUT2D eigenvalue weighted by Gasteiger charge is 2.32. The van der Waals surface area contributed by atoms with Crippen molar-refractivity contribution in [1.29, 1.82) is 0 Å². The molecule has 1 heterocycles. The number of nitrogens with two attached hydrogens (primary N) is 1. The molecule has 0 radical (unpaired) electrons. The van der Waals surface area contributed by atoms with E-state index in [0.717, 1.165) is 17.0 Å². The summed E-state index contributed by atoms with van der Waals surface area (Å²) in [6.45, 7) is 1.35. The summed E-state index contributed by atoms with van der Waals surface area (Å²) in [5, 5.41) is 5.81. The molecule has 9 heteroatoms. The highest BCUT2D eigenvalue weighted by molar-refractivity contribution is 6.09. The zero-order valence-corrected chi connectivity index (χ0v) is 17.4. The lowest BCUT2D eigenvalue weighted by atomic mass is 10.0. The molecule has 0 aliphatic rings. The minimum absolute atomic E-state index is 0.0203. The van der Waals surface area contributed by atoms with Crippen LogP contribution in [0.1, 0.15) is 21.6 Å². The van der Waals surface area contributed by atoms with Crippen molar-refractivity contribution in [2.45, 2.75) is 13.1 Å². The molecule has 33 heavy (non-hydrogen) atoms. The van der Waals surface area contributed by atoms with Gasteiger partial charge < -0.3 is 21.4 Å². The molecule has 6 nitrogen and oxygen atoms in total. The Morgan fingerprint density at radius 1 is 0.909 bits per heavy atom. The number of hydrogen-bond acceptors (Lipinski definition) is 2. The second kappa shape index (κ2) is 8.34. The molecule has 0 bridgehead atoms. The third kappa shape index (κ3) is 4.52. The van der Waals surface area contributed by atoms with Gasteiger partial charge in [0.25, 0.3) is 5.91 Å². The minimum Gasteiger partial charge on any atom is -0.364 e. The number of anilines is 2. The molecule has 0 saturated carbocycles. The molecule has 0 fully saturated rings.